The number of para-hydroxylation sites is 1. The lowest BCUT2D eigenvalue weighted by molar-refractivity contribution is -0.400. The molecule has 0 saturated heterocycles. The van der Waals surface area contributed by atoms with Gasteiger partial charge in [-0.05, 0) is 59.7 Å². The van der Waals surface area contributed by atoms with Crippen molar-refractivity contribution in [1.29, 1.82) is 0 Å². The van der Waals surface area contributed by atoms with E-state index in [9.17, 15) is 0 Å². The molecule has 0 saturated carbocycles. The Balaban J connectivity index is 1.55. The summed E-state index contributed by atoms with van der Waals surface area (Å²) in [4.78, 5) is 2.27. The van der Waals surface area contributed by atoms with Crippen LogP contribution in [0, 0.1) is 0 Å². The normalized spacial score (nSPS) is 13.8. The highest BCUT2D eigenvalue weighted by Gasteiger charge is 2.36. The van der Waals surface area contributed by atoms with Crippen LogP contribution >= 0.6 is 23.2 Å². The molecule has 5 aromatic rings. The van der Waals surface area contributed by atoms with Crippen molar-refractivity contribution in [1.82, 2.24) is 0 Å². The predicted molar refractivity (Wildman–Crippen MR) is 170 cm³/mol. The number of hydrogen-bond donors (Lipinski definition) is 0. The lowest BCUT2D eigenvalue weighted by Crippen LogP contribution is -2.16. The molecule has 0 aliphatic carbocycles. The monoisotopic (exact) mass is 559 g/mol. The van der Waals surface area contributed by atoms with Crippen LogP contribution in [0.5, 0.6) is 0 Å². The molecule has 0 aromatic heterocycles. The summed E-state index contributed by atoms with van der Waals surface area (Å²) in [5.41, 5.74) is 11.4. The molecule has 0 N–H and O–H groups in total. The number of anilines is 1. The largest absolute Gasteiger partial charge is 0.370 e. The topological polar surface area (TPSA) is 6.25 Å². The summed E-state index contributed by atoms with van der Waals surface area (Å²) in [5, 5.41) is 1.44. The average molecular weight is 561 g/mol. The van der Waals surface area contributed by atoms with Gasteiger partial charge in [-0.3, -0.25) is 0 Å². The fraction of sp³-hybridized carbons (Fsp3) is 0.0833. The second-order valence-electron chi connectivity index (χ2n) is 10.1. The van der Waals surface area contributed by atoms with E-state index in [2.05, 4.69) is 127 Å². The summed E-state index contributed by atoms with van der Waals surface area (Å²) in [6.07, 6.45) is 0. The van der Waals surface area contributed by atoms with Crippen LogP contribution in [0.4, 0.5) is 11.4 Å². The Kier molecular flexibility index (Phi) is 7.30. The minimum absolute atomic E-state index is 0.717. The molecule has 0 spiro atoms. The number of fused-ring (bicyclic) bond motifs is 1. The molecule has 0 fully saturated rings. The van der Waals surface area contributed by atoms with E-state index in [-0.39, 0.29) is 0 Å². The van der Waals surface area contributed by atoms with Crippen LogP contribution in [-0.2, 0) is 6.54 Å². The van der Waals surface area contributed by atoms with Crippen LogP contribution in [0.3, 0.4) is 0 Å². The van der Waals surface area contributed by atoms with E-state index in [0.29, 0.717) is 0 Å². The Labute approximate surface area is 246 Å². The first-order chi connectivity index (χ1) is 19.5. The minimum Gasteiger partial charge on any atom is -0.370 e. The van der Waals surface area contributed by atoms with Crippen LogP contribution in [0.15, 0.2) is 127 Å². The predicted octanol–water partition coefficient (Wildman–Crippen LogP) is 9.37. The molecule has 1 aliphatic heterocycles. The maximum Gasteiger partial charge on any atom is 0.221 e. The molecule has 40 heavy (non-hydrogen) atoms. The number of rotatable bonds is 6. The molecule has 0 unspecified atom stereocenters. The molecule has 0 atom stereocenters. The molecule has 4 heteroatoms. The summed E-state index contributed by atoms with van der Waals surface area (Å²) < 4.78 is 2.27. The van der Waals surface area contributed by atoms with E-state index in [1.807, 2.05) is 24.3 Å². The van der Waals surface area contributed by atoms with Crippen molar-refractivity contribution >= 4 is 51.4 Å². The average Bonchev–Trinajstić information content (AvgIpc) is 3.27. The van der Waals surface area contributed by atoms with Gasteiger partial charge in [-0.1, -0.05) is 96.0 Å². The third-order valence-corrected chi connectivity index (χ3v) is 8.06. The molecule has 0 radical (unpaired) electrons. The maximum absolute atomic E-state index is 6.91. The van der Waals surface area contributed by atoms with Gasteiger partial charge in [0.25, 0.3) is 0 Å². The van der Waals surface area contributed by atoms with Gasteiger partial charge < -0.3 is 4.90 Å². The van der Waals surface area contributed by atoms with Crippen molar-refractivity contribution in [2.45, 2.75) is 6.54 Å². The fourth-order valence-corrected chi connectivity index (χ4v) is 5.88. The number of benzene rings is 5. The second-order valence-corrected chi connectivity index (χ2v) is 10.9. The van der Waals surface area contributed by atoms with E-state index in [1.54, 1.807) is 0 Å². The van der Waals surface area contributed by atoms with E-state index in [4.69, 9.17) is 23.2 Å². The van der Waals surface area contributed by atoms with Crippen molar-refractivity contribution in [2.24, 2.45) is 0 Å². The molecule has 1 aliphatic rings. The maximum atomic E-state index is 6.91. The van der Waals surface area contributed by atoms with Gasteiger partial charge in [0, 0.05) is 52.1 Å². The van der Waals surface area contributed by atoms with Crippen LogP contribution in [-0.4, -0.2) is 24.4 Å². The second kappa shape index (κ2) is 11.2. The summed E-state index contributed by atoms with van der Waals surface area (Å²) in [5.74, 6) is 0. The van der Waals surface area contributed by atoms with Gasteiger partial charge >= 0.3 is 0 Å². The smallest absolute Gasteiger partial charge is 0.221 e. The summed E-state index contributed by atoms with van der Waals surface area (Å²) in [6, 6.07) is 44.1. The summed E-state index contributed by atoms with van der Waals surface area (Å²) >= 11 is 13.2. The van der Waals surface area contributed by atoms with Crippen LogP contribution in [0.1, 0.15) is 27.8 Å². The Hall–Kier alpha value is -4.11. The van der Waals surface area contributed by atoms with Gasteiger partial charge in [0.2, 0.25) is 11.4 Å². The standard InChI is InChI=1S/C36H29Cl2N2/c1-39(24-25-10-4-3-5-11-25)29-22-18-26(19-23-29)34(30-12-6-8-14-32(30)38)35-31-13-7-9-15-33(31)40(2)36(35)27-16-20-28(37)21-17-27/h3-23H,24H2,1-2H3/q+1. The van der Waals surface area contributed by atoms with Crippen molar-refractivity contribution in [3.8, 4) is 0 Å². The Morgan fingerprint density at radius 3 is 2.08 bits per heavy atom. The van der Waals surface area contributed by atoms with Crippen molar-refractivity contribution in [3.63, 3.8) is 0 Å². The van der Waals surface area contributed by atoms with Gasteiger partial charge in [0.05, 0.1) is 11.1 Å². The molecular weight excluding hydrogens is 531 g/mol. The Morgan fingerprint density at radius 2 is 1.35 bits per heavy atom. The molecule has 5 aromatic carbocycles. The molecule has 196 valence electrons. The zero-order valence-electron chi connectivity index (χ0n) is 22.5. The van der Waals surface area contributed by atoms with Gasteiger partial charge in [0.15, 0.2) is 0 Å². The van der Waals surface area contributed by atoms with E-state index < -0.39 is 0 Å². The number of halogens is 2. The molecule has 1 heterocycles. The van der Waals surface area contributed by atoms with Crippen LogP contribution < -0.4 is 4.90 Å². The molecule has 0 bridgehead atoms. The summed E-state index contributed by atoms with van der Waals surface area (Å²) in [7, 11) is 4.26. The quantitative estimate of drug-likeness (QED) is 0.188. The number of hydrogen-bond acceptors (Lipinski definition) is 1. The third kappa shape index (κ3) is 4.97. The minimum atomic E-state index is 0.717. The van der Waals surface area contributed by atoms with E-state index in [1.165, 1.54) is 11.1 Å². The van der Waals surface area contributed by atoms with Gasteiger partial charge in [0.1, 0.15) is 7.05 Å². The lowest BCUT2D eigenvalue weighted by Gasteiger charge is -2.21. The Morgan fingerprint density at radius 1 is 0.700 bits per heavy atom. The van der Waals surface area contributed by atoms with Gasteiger partial charge in [-0.15, -0.1) is 0 Å². The zero-order chi connectivity index (χ0) is 27.6. The van der Waals surface area contributed by atoms with Gasteiger partial charge in [-0.2, -0.15) is 4.58 Å². The molecular formula is C36H29Cl2N2+. The van der Waals surface area contributed by atoms with E-state index in [0.717, 1.165) is 61.5 Å². The highest BCUT2D eigenvalue weighted by atomic mass is 35.5. The zero-order valence-corrected chi connectivity index (χ0v) is 24.0. The first-order valence-corrected chi connectivity index (χ1v) is 14.1. The highest BCUT2D eigenvalue weighted by Crippen LogP contribution is 2.44. The molecule has 0 amide bonds. The van der Waals surface area contributed by atoms with Gasteiger partial charge in [-0.25, -0.2) is 0 Å². The molecule has 2 nitrogen and oxygen atoms in total. The van der Waals surface area contributed by atoms with Crippen molar-refractivity contribution < 1.29 is 4.58 Å². The number of nitrogens with zero attached hydrogens (tertiary/aromatic N) is 2. The first-order valence-electron chi connectivity index (χ1n) is 13.3. The summed E-state index contributed by atoms with van der Waals surface area (Å²) in [6.45, 7) is 0.839. The lowest BCUT2D eigenvalue weighted by atomic mass is 9.86. The van der Waals surface area contributed by atoms with E-state index >= 15 is 0 Å². The van der Waals surface area contributed by atoms with Crippen molar-refractivity contribution in [3.05, 3.63) is 165 Å². The van der Waals surface area contributed by atoms with Crippen LogP contribution in [0.2, 0.25) is 10.0 Å². The fourth-order valence-electron chi connectivity index (χ4n) is 5.52. The van der Waals surface area contributed by atoms with Crippen LogP contribution in [0.25, 0.3) is 11.1 Å². The first kappa shape index (κ1) is 26.1. The molecule has 6 rings (SSSR count). The van der Waals surface area contributed by atoms with Crippen molar-refractivity contribution in [2.75, 3.05) is 19.0 Å². The number of allylic oxidation sites excluding steroid dienone is 1. The SMILES string of the molecule is CN(Cc1ccccc1)c1ccc(C(=C2C(c3ccc(Cl)cc3)=[N+](C)c3ccccc32)c2ccccc2Cl)cc1. The third-order valence-electron chi connectivity index (χ3n) is 7.48. The highest BCUT2D eigenvalue weighted by molar-refractivity contribution is 6.40. The Bertz CT molecular complexity index is 1730.